The van der Waals surface area contributed by atoms with Crippen LogP contribution in [0.1, 0.15) is 54.6 Å². The van der Waals surface area contributed by atoms with Gasteiger partial charge in [0.2, 0.25) is 17.7 Å². The quantitative estimate of drug-likeness (QED) is 0.475. The van der Waals surface area contributed by atoms with Gasteiger partial charge in [-0.3, -0.25) is 14.4 Å². The van der Waals surface area contributed by atoms with Crippen LogP contribution in [-0.2, 0) is 9.59 Å². The predicted octanol–water partition coefficient (Wildman–Crippen LogP) is 3.66. The van der Waals surface area contributed by atoms with E-state index >= 15 is 0 Å². The van der Waals surface area contributed by atoms with Crippen LogP contribution < -0.4 is 10.6 Å². The molecule has 3 aliphatic rings. The minimum absolute atomic E-state index is 0.0245. The zero-order chi connectivity index (χ0) is 28.1. The third-order valence-electron chi connectivity index (χ3n) is 8.03. The van der Waals surface area contributed by atoms with Gasteiger partial charge in [0, 0.05) is 42.8 Å². The monoisotopic (exact) mass is 551 g/mol. The van der Waals surface area contributed by atoms with E-state index in [1.165, 1.54) is 0 Å². The number of piperidine rings is 1. The summed E-state index contributed by atoms with van der Waals surface area (Å²) in [6, 6.07) is 2.30. The summed E-state index contributed by atoms with van der Waals surface area (Å²) < 4.78 is 69.9. The first kappa shape index (κ1) is 26.9. The van der Waals surface area contributed by atoms with Crippen molar-refractivity contribution in [2.75, 3.05) is 13.1 Å². The molecule has 39 heavy (non-hydrogen) atoms. The number of alkyl halides is 4. The Labute approximate surface area is 219 Å². The Morgan fingerprint density at radius 3 is 2.72 bits per heavy atom. The largest absolute Gasteiger partial charge is 0.356 e. The van der Waals surface area contributed by atoms with E-state index < -0.39 is 78.2 Å². The van der Waals surface area contributed by atoms with Crippen molar-refractivity contribution in [1.82, 2.24) is 20.5 Å². The smallest absolute Gasteiger partial charge is 0.271 e. The first-order valence-electron chi connectivity index (χ1n) is 12.7. The topological polar surface area (TPSA) is 118 Å². The van der Waals surface area contributed by atoms with Gasteiger partial charge < -0.3 is 20.5 Å². The Morgan fingerprint density at radius 1 is 1.26 bits per heavy atom. The molecule has 2 saturated heterocycles. The van der Waals surface area contributed by atoms with Crippen molar-refractivity contribution in [3.05, 3.63) is 35.3 Å². The summed E-state index contributed by atoms with van der Waals surface area (Å²) in [5.74, 6) is -7.86. The number of nitrogens with one attached hydrogen (secondary N) is 3. The molecule has 3 N–H and O–H groups in total. The van der Waals surface area contributed by atoms with E-state index in [-0.39, 0.29) is 35.5 Å². The number of nitrogens with zero attached hydrogens (tertiary/aromatic N) is 2. The summed E-state index contributed by atoms with van der Waals surface area (Å²) in [5, 5.41) is 14.6. The number of hydrogen-bond donors (Lipinski definition) is 3. The number of nitriles is 1. The van der Waals surface area contributed by atoms with E-state index in [1.807, 2.05) is 6.07 Å². The Hall–Kier alpha value is -3.69. The van der Waals surface area contributed by atoms with Crippen molar-refractivity contribution >= 4 is 28.6 Å². The number of hydrogen-bond acceptors (Lipinski definition) is 4. The van der Waals surface area contributed by atoms with E-state index in [0.29, 0.717) is 19.4 Å². The molecule has 2 aromatic rings. The van der Waals surface area contributed by atoms with Crippen LogP contribution in [0.3, 0.4) is 0 Å². The zero-order valence-electron chi connectivity index (χ0n) is 20.7. The van der Waals surface area contributed by atoms with Crippen molar-refractivity contribution in [1.29, 1.82) is 5.26 Å². The van der Waals surface area contributed by atoms with Gasteiger partial charge in [0.1, 0.15) is 23.6 Å². The lowest BCUT2D eigenvalue weighted by Gasteiger charge is -2.29. The van der Waals surface area contributed by atoms with Gasteiger partial charge in [-0.15, -0.1) is 0 Å². The molecule has 208 valence electrons. The first-order valence-corrected chi connectivity index (χ1v) is 12.7. The van der Waals surface area contributed by atoms with E-state index in [2.05, 4.69) is 15.6 Å². The molecule has 5 atom stereocenters. The lowest BCUT2D eigenvalue weighted by molar-refractivity contribution is -0.129. The molecule has 5 rings (SSSR count). The third-order valence-corrected chi connectivity index (χ3v) is 8.03. The maximum atomic E-state index is 14.4. The standard InChI is InChI=1S/C26H26F5N5O3/c27-18-4-3-15(22(28)29)20-16(18)7-19(35-20)25(39)36-11-13-8-26(30,31)9-17(13)21(36)24(38)34-14(10-32)6-12-2-1-5-33-23(12)37/h3-4,7,12-14,17,21-22,35H,1-2,5-6,8-9,11H2,(H,33,37)(H,34,38)/t12-,13-,14-,17-,21-/m1/s1. The molecule has 0 unspecified atom stereocenters. The molecule has 3 fully saturated rings. The number of benzene rings is 1. The van der Waals surface area contributed by atoms with Gasteiger partial charge in [-0.2, -0.15) is 5.26 Å². The number of carbonyl (C=O) groups is 3. The summed E-state index contributed by atoms with van der Waals surface area (Å²) in [6.07, 6.45) is -2.86. The molecule has 1 aliphatic carbocycles. The lowest BCUT2D eigenvalue weighted by Crippen LogP contribution is -2.52. The summed E-state index contributed by atoms with van der Waals surface area (Å²) in [5.41, 5.74) is -1.05. The Morgan fingerprint density at radius 2 is 2.03 bits per heavy atom. The molecule has 0 spiro atoms. The maximum absolute atomic E-state index is 14.4. The molecule has 13 heteroatoms. The van der Waals surface area contributed by atoms with Crippen molar-refractivity contribution in [2.24, 2.45) is 17.8 Å². The summed E-state index contributed by atoms with van der Waals surface area (Å²) in [7, 11) is 0. The van der Waals surface area contributed by atoms with E-state index in [0.717, 1.165) is 23.1 Å². The van der Waals surface area contributed by atoms with Crippen LogP contribution in [0.2, 0.25) is 0 Å². The fraction of sp³-hybridized carbons (Fsp3) is 0.538. The van der Waals surface area contributed by atoms with Crippen LogP contribution in [0.4, 0.5) is 22.0 Å². The van der Waals surface area contributed by atoms with E-state index in [4.69, 9.17) is 0 Å². The highest BCUT2D eigenvalue weighted by atomic mass is 19.3. The van der Waals surface area contributed by atoms with Gasteiger partial charge in [0.05, 0.1) is 11.6 Å². The SMILES string of the molecule is N#C[C@@H](C[C@H]1CCCNC1=O)NC(=O)[C@H]1[C@@H]2CC(F)(F)C[C@@H]2CN1C(=O)c1cc2c(F)ccc(C(F)F)c2[nH]1. The van der Waals surface area contributed by atoms with Gasteiger partial charge in [-0.05, 0) is 49.3 Å². The van der Waals surface area contributed by atoms with Crippen LogP contribution in [0.15, 0.2) is 18.2 Å². The molecule has 3 heterocycles. The van der Waals surface area contributed by atoms with Crippen molar-refractivity contribution < 1.29 is 36.3 Å². The summed E-state index contributed by atoms with van der Waals surface area (Å²) in [4.78, 5) is 42.7. The fourth-order valence-electron chi connectivity index (χ4n) is 6.25. The van der Waals surface area contributed by atoms with Crippen LogP contribution in [0.25, 0.3) is 10.9 Å². The second-order valence-corrected chi connectivity index (χ2v) is 10.6. The number of aromatic nitrogens is 1. The second-order valence-electron chi connectivity index (χ2n) is 10.6. The number of carbonyl (C=O) groups excluding carboxylic acids is 3. The van der Waals surface area contributed by atoms with Gasteiger partial charge >= 0.3 is 0 Å². The zero-order valence-corrected chi connectivity index (χ0v) is 20.7. The van der Waals surface area contributed by atoms with Gasteiger partial charge in [-0.1, -0.05) is 0 Å². The molecule has 8 nitrogen and oxygen atoms in total. The van der Waals surface area contributed by atoms with Crippen LogP contribution in [-0.4, -0.2) is 58.7 Å². The van der Waals surface area contributed by atoms with E-state index in [1.54, 1.807) is 0 Å². The van der Waals surface area contributed by atoms with Crippen LogP contribution in [0.5, 0.6) is 0 Å². The minimum Gasteiger partial charge on any atom is -0.356 e. The van der Waals surface area contributed by atoms with Gasteiger partial charge in [0.15, 0.2) is 0 Å². The lowest BCUT2D eigenvalue weighted by atomic mass is 9.90. The second kappa shape index (κ2) is 10.1. The van der Waals surface area contributed by atoms with Crippen molar-refractivity contribution in [3.8, 4) is 6.07 Å². The minimum atomic E-state index is -3.03. The molecule has 0 bridgehead atoms. The number of rotatable bonds is 6. The van der Waals surface area contributed by atoms with Crippen molar-refractivity contribution in [3.63, 3.8) is 0 Å². The number of halogens is 5. The summed E-state index contributed by atoms with van der Waals surface area (Å²) in [6.45, 7) is 0.324. The molecule has 0 radical (unpaired) electrons. The fourth-order valence-corrected chi connectivity index (χ4v) is 6.25. The normalized spacial score (nSPS) is 26.8. The number of amides is 3. The molecule has 1 aromatic heterocycles. The Kier molecular flexibility index (Phi) is 6.99. The molecular formula is C26H26F5N5O3. The number of fused-ring (bicyclic) bond motifs is 2. The number of H-pyrrole nitrogens is 1. The van der Waals surface area contributed by atoms with Crippen LogP contribution in [0, 0.1) is 34.9 Å². The average Bonchev–Trinajstić information content (AvgIpc) is 3.54. The highest BCUT2D eigenvalue weighted by molar-refractivity contribution is 6.01. The highest BCUT2D eigenvalue weighted by Gasteiger charge is 2.58. The summed E-state index contributed by atoms with van der Waals surface area (Å²) >= 11 is 0. The van der Waals surface area contributed by atoms with Gasteiger partial charge in [0.25, 0.3) is 12.3 Å². The van der Waals surface area contributed by atoms with E-state index in [9.17, 15) is 41.6 Å². The molecular weight excluding hydrogens is 525 g/mol. The maximum Gasteiger partial charge on any atom is 0.271 e. The number of likely N-dealkylation sites (tertiary alicyclic amines) is 1. The number of aromatic amines is 1. The van der Waals surface area contributed by atoms with Gasteiger partial charge in [-0.25, -0.2) is 22.0 Å². The Balaban J connectivity index is 1.42. The predicted molar refractivity (Wildman–Crippen MR) is 127 cm³/mol. The highest BCUT2D eigenvalue weighted by Crippen LogP contribution is 2.50. The first-order chi connectivity index (χ1) is 18.5. The molecule has 2 aliphatic heterocycles. The van der Waals surface area contributed by atoms with Crippen molar-refractivity contribution in [2.45, 2.75) is 56.5 Å². The Bertz CT molecular complexity index is 1360. The molecule has 1 saturated carbocycles. The third kappa shape index (κ3) is 5.04. The molecule has 1 aromatic carbocycles. The molecule has 3 amide bonds. The average molecular weight is 552 g/mol. The van der Waals surface area contributed by atoms with Crippen LogP contribution >= 0.6 is 0 Å².